The summed E-state index contributed by atoms with van der Waals surface area (Å²) in [6, 6.07) is 17.3. The molecular weight excluding hydrogens is 378 g/mol. The highest BCUT2D eigenvalue weighted by Gasteiger charge is 2.21. The number of carbonyl (C=O) groups excluding carboxylic acids is 2. The van der Waals surface area contributed by atoms with Gasteiger partial charge in [0.15, 0.2) is 6.61 Å². The number of hydrogen-bond donors (Lipinski definition) is 1. The third-order valence-electron chi connectivity index (χ3n) is 5.00. The van der Waals surface area contributed by atoms with Crippen LogP contribution in [0.15, 0.2) is 60.8 Å². The molecule has 156 valence electrons. The van der Waals surface area contributed by atoms with Crippen LogP contribution in [0, 0.1) is 12.8 Å². The van der Waals surface area contributed by atoms with Crippen LogP contribution < -0.4 is 5.32 Å². The highest BCUT2D eigenvalue weighted by Crippen LogP contribution is 2.25. The highest BCUT2D eigenvalue weighted by atomic mass is 16.5. The average Bonchev–Trinajstić information content (AvgIpc) is 3.18. The Bertz CT molecular complexity index is 1010. The van der Waals surface area contributed by atoms with Gasteiger partial charge in [-0.05, 0) is 31.9 Å². The molecule has 1 amide bonds. The van der Waals surface area contributed by atoms with Gasteiger partial charge in [0.2, 0.25) is 0 Å². The number of hydrogen-bond acceptors (Lipinski definition) is 4. The van der Waals surface area contributed by atoms with Crippen LogP contribution in [0.5, 0.6) is 0 Å². The molecule has 30 heavy (non-hydrogen) atoms. The zero-order valence-corrected chi connectivity index (χ0v) is 17.8. The second-order valence-corrected chi connectivity index (χ2v) is 7.71. The number of aryl methyl sites for hydroxylation is 1. The molecule has 0 saturated heterocycles. The van der Waals surface area contributed by atoms with E-state index in [2.05, 4.69) is 10.4 Å². The van der Waals surface area contributed by atoms with Gasteiger partial charge < -0.3 is 10.1 Å². The van der Waals surface area contributed by atoms with Gasteiger partial charge in [0.05, 0.1) is 5.69 Å². The van der Waals surface area contributed by atoms with Crippen molar-refractivity contribution < 1.29 is 14.3 Å². The molecule has 0 aliphatic rings. The Hall–Kier alpha value is -3.41. The van der Waals surface area contributed by atoms with Crippen LogP contribution in [-0.2, 0) is 9.53 Å². The van der Waals surface area contributed by atoms with E-state index in [1.165, 1.54) is 0 Å². The first-order chi connectivity index (χ1) is 14.3. The Morgan fingerprint density at radius 3 is 2.33 bits per heavy atom. The molecule has 6 nitrogen and oxygen atoms in total. The molecule has 0 fully saturated rings. The van der Waals surface area contributed by atoms with Gasteiger partial charge in [-0.15, -0.1) is 0 Å². The van der Waals surface area contributed by atoms with Crippen molar-refractivity contribution in [1.82, 2.24) is 15.1 Å². The fourth-order valence-electron chi connectivity index (χ4n) is 2.83. The average molecular weight is 405 g/mol. The zero-order chi connectivity index (χ0) is 21.7. The minimum Gasteiger partial charge on any atom is -0.452 e. The van der Waals surface area contributed by atoms with Gasteiger partial charge >= 0.3 is 5.97 Å². The molecule has 3 rings (SSSR count). The van der Waals surface area contributed by atoms with E-state index >= 15 is 0 Å². The Labute approximate surface area is 176 Å². The summed E-state index contributed by atoms with van der Waals surface area (Å²) >= 11 is 0. The van der Waals surface area contributed by atoms with Crippen molar-refractivity contribution in [1.29, 1.82) is 0 Å². The van der Waals surface area contributed by atoms with E-state index in [9.17, 15) is 9.59 Å². The largest absolute Gasteiger partial charge is 0.452 e. The summed E-state index contributed by atoms with van der Waals surface area (Å²) in [5.41, 5.74) is 3.57. The summed E-state index contributed by atoms with van der Waals surface area (Å²) in [7, 11) is 0. The molecule has 0 aliphatic heterocycles. The van der Waals surface area contributed by atoms with Gasteiger partial charge in [-0.1, -0.05) is 61.9 Å². The van der Waals surface area contributed by atoms with E-state index in [0.29, 0.717) is 17.2 Å². The first-order valence-corrected chi connectivity index (χ1v) is 10.0. The van der Waals surface area contributed by atoms with Gasteiger partial charge in [-0.3, -0.25) is 4.79 Å². The molecule has 0 radical (unpaired) electrons. The summed E-state index contributed by atoms with van der Waals surface area (Å²) in [6.45, 7) is 7.62. The van der Waals surface area contributed by atoms with Crippen molar-refractivity contribution in [2.75, 3.05) is 6.61 Å². The summed E-state index contributed by atoms with van der Waals surface area (Å²) in [5.74, 6) is -0.612. The fraction of sp³-hybridized carbons (Fsp3) is 0.292. The van der Waals surface area contributed by atoms with E-state index in [4.69, 9.17) is 4.74 Å². The van der Waals surface area contributed by atoms with Crippen molar-refractivity contribution in [2.45, 2.75) is 33.7 Å². The van der Waals surface area contributed by atoms with E-state index in [-0.39, 0.29) is 18.6 Å². The van der Waals surface area contributed by atoms with Gasteiger partial charge in [0.25, 0.3) is 5.91 Å². The molecule has 0 bridgehead atoms. The zero-order valence-electron chi connectivity index (χ0n) is 17.8. The van der Waals surface area contributed by atoms with E-state index in [1.54, 1.807) is 10.9 Å². The Kier molecular flexibility index (Phi) is 6.67. The minimum absolute atomic E-state index is 0.000141. The molecule has 0 saturated carbocycles. The number of para-hydroxylation sites is 1. The molecule has 2 aromatic carbocycles. The topological polar surface area (TPSA) is 73.2 Å². The molecule has 0 spiro atoms. The van der Waals surface area contributed by atoms with Gasteiger partial charge in [-0.25, -0.2) is 9.48 Å². The smallest absolute Gasteiger partial charge is 0.342 e. The summed E-state index contributed by atoms with van der Waals surface area (Å²) in [5, 5.41) is 7.45. The Balaban J connectivity index is 1.85. The summed E-state index contributed by atoms with van der Waals surface area (Å²) in [6.07, 6.45) is 1.64. The molecule has 1 aromatic heterocycles. The van der Waals surface area contributed by atoms with Crippen molar-refractivity contribution in [3.63, 3.8) is 0 Å². The maximum Gasteiger partial charge on any atom is 0.342 e. The van der Waals surface area contributed by atoms with Crippen LogP contribution >= 0.6 is 0 Å². The van der Waals surface area contributed by atoms with Gasteiger partial charge in [0.1, 0.15) is 11.3 Å². The van der Waals surface area contributed by atoms with Crippen molar-refractivity contribution in [3.05, 3.63) is 71.9 Å². The molecule has 1 atom stereocenters. The highest BCUT2D eigenvalue weighted by molar-refractivity contribution is 5.97. The predicted molar refractivity (Wildman–Crippen MR) is 116 cm³/mol. The molecule has 3 aromatic rings. The first kappa shape index (κ1) is 21.3. The molecule has 1 heterocycles. The Morgan fingerprint density at radius 2 is 1.70 bits per heavy atom. The number of benzene rings is 2. The third kappa shape index (κ3) is 5.14. The van der Waals surface area contributed by atoms with E-state index < -0.39 is 5.97 Å². The number of ether oxygens (including phenoxy) is 1. The number of carbonyl (C=O) groups is 2. The predicted octanol–water partition coefficient (Wildman–Crippen LogP) is 4.17. The number of rotatable bonds is 7. The first-order valence-electron chi connectivity index (χ1n) is 10.0. The molecule has 6 heteroatoms. The molecule has 0 unspecified atom stereocenters. The van der Waals surface area contributed by atoms with Crippen LogP contribution in [0.25, 0.3) is 16.9 Å². The molecule has 1 N–H and O–H groups in total. The Morgan fingerprint density at radius 1 is 1.03 bits per heavy atom. The third-order valence-corrected chi connectivity index (χ3v) is 5.00. The van der Waals surface area contributed by atoms with Crippen LogP contribution in [0.2, 0.25) is 0 Å². The molecular formula is C24H27N3O3. The monoisotopic (exact) mass is 405 g/mol. The van der Waals surface area contributed by atoms with Crippen LogP contribution in [0.4, 0.5) is 0 Å². The van der Waals surface area contributed by atoms with Crippen molar-refractivity contribution >= 4 is 11.9 Å². The van der Waals surface area contributed by atoms with Crippen molar-refractivity contribution in [3.8, 4) is 16.9 Å². The number of amides is 1. The van der Waals surface area contributed by atoms with Crippen LogP contribution in [0.1, 0.15) is 36.7 Å². The normalized spacial score (nSPS) is 11.9. The summed E-state index contributed by atoms with van der Waals surface area (Å²) in [4.78, 5) is 24.9. The lowest BCUT2D eigenvalue weighted by Gasteiger charge is -2.17. The lowest BCUT2D eigenvalue weighted by atomic mass is 10.1. The van der Waals surface area contributed by atoms with E-state index in [1.807, 2.05) is 82.3 Å². The maximum absolute atomic E-state index is 12.8. The van der Waals surface area contributed by atoms with Crippen LogP contribution in [0.3, 0.4) is 0 Å². The number of aromatic nitrogens is 2. The van der Waals surface area contributed by atoms with Gasteiger partial charge in [-0.2, -0.15) is 5.10 Å². The maximum atomic E-state index is 12.8. The summed E-state index contributed by atoms with van der Waals surface area (Å²) < 4.78 is 6.95. The number of nitrogens with zero attached hydrogens (tertiary/aromatic N) is 2. The van der Waals surface area contributed by atoms with Crippen LogP contribution in [-0.4, -0.2) is 34.3 Å². The van der Waals surface area contributed by atoms with Gasteiger partial charge in [0, 0.05) is 17.8 Å². The second kappa shape index (κ2) is 9.39. The second-order valence-electron chi connectivity index (χ2n) is 7.71. The SMILES string of the molecule is Cc1ccc(-c2nn(-c3ccccc3)cc2C(=O)OCC(=O)N[C@@H](C)C(C)C)cc1. The van der Waals surface area contributed by atoms with Crippen molar-refractivity contribution in [2.24, 2.45) is 5.92 Å². The standard InChI is InChI=1S/C24H27N3O3/c1-16(2)18(4)25-22(28)15-30-24(29)21-14-27(20-8-6-5-7-9-20)26-23(21)19-12-10-17(3)11-13-19/h5-14,16,18H,15H2,1-4H3,(H,25,28)/t18-/m0/s1. The minimum atomic E-state index is -0.583. The number of nitrogens with one attached hydrogen (secondary N) is 1. The lowest BCUT2D eigenvalue weighted by molar-refractivity contribution is -0.125. The van der Waals surface area contributed by atoms with E-state index in [0.717, 1.165) is 16.8 Å². The fourth-order valence-corrected chi connectivity index (χ4v) is 2.83. The lowest BCUT2D eigenvalue weighted by Crippen LogP contribution is -2.38. The quantitative estimate of drug-likeness (QED) is 0.599. The number of esters is 1. The molecule has 0 aliphatic carbocycles.